The molecule has 0 heterocycles. The molecule has 2 rings (SSSR count). The summed E-state index contributed by atoms with van der Waals surface area (Å²) in [5.74, 6) is 0. The second-order valence-corrected chi connectivity index (χ2v) is 6.83. The minimum atomic E-state index is -3.62. The van der Waals surface area contributed by atoms with Crippen LogP contribution < -0.4 is 10.5 Å². The van der Waals surface area contributed by atoms with E-state index < -0.39 is 10.0 Å². The van der Waals surface area contributed by atoms with Gasteiger partial charge in [0.25, 0.3) is 10.0 Å². The van der Waals surface area contributed by atoms with Crippen LogP contribution in [0.15, 0.2) is 41.3 Å². The van der Waals surface area contributed by atoms with Crippen LogP contribution in [0.3, 0.4) is 0 Å². The Kier molecular flexibility index (Phi) is 4.34. The van der Waals surface area contributed by atoms with Gasteiger partial charge in [-0.1, -0.05) is 24.3 Å². The summed E-state index contributed by atoms with van der Waals surface area (Å²) in [5, 5.41) is 0. The van der Waals surface area contributed by atoms with Gasteiger partial charge in [-0.3, -0.25) is 4.72 Å². The Labute approximate surface area is 126 Å². The third kappa shape index (κ3) is 3.25. The lowest BCUT2D eigenvalue weighted by molar-refractivity contribution is 0.600. The standard InChI is InChI=1S/C16H20N2O2S/c1-11-7-8-13(3)16(9-11)21(19,20)18-15-6-4-5-12(2)14(15)10-17/h4-9,18H,10,17H2,1-3H3. The first-order chi connectivity index (χ1) is 9.85. The molecule has 0 aliphatic rings. The molecule has 0 aromatic heterocycles. The van der Waals surface area contributed by atoms with Crippen molar-refractivity contribution in [2.75, 3.05) is 4.72 Å². The fourth-order valence-corrected chi connectivity index (χ4v) is 3.69. The Bertz CT molecular complexity index is 768. The number of nitrogens with one attached hydrogen (secondary N) is 1. The molecular weight excluding hydrogens is 284 g/mol. The van der Waals surface area contributed by atoms with E-state index in [2.05, 4.69) is 4.72 Å². The molecule has 0 amide bonds. The first-order valence-electron chi connectivity index (χ1n) is 6.74. The van der Waals surface area contributed by atoms with Crippen molar-refractivity contribution in [3.63, 3.8) is 0 Å². The summed E-state index contributed by atoms with van der Waals surface area (Å²) in [4.78, 5) is 0.298. The van der Waals surface area contributed by atoms with Crippen LogP contribution in [0, 0.1) is 20.8 Å². The molecule has 0 radical (unpaired) electrons. The first kappa shape index (κ1) is 15.5. The molecule has 0 atom stereocenters. The monoisotopic (exact) mass is 304 g/mol. The SMILES string of the molecule is Cc1ccc(C)c(S(=O)(=O)Nc2cccc(C)c2CN)c1. The highest BCUT2D eigenvalue weighted by atomic mass is 32.2. The van der Waals surface area contributed by atoms with Crippen LogP contribution >= 0.6 is 0 Å². The number of aryl methyl sites for hydroxylation is 3. The number of sulfonamides is 1. The number of rotatable bonds is 4. The number of anilines is 1. The van der Waals surface area contributed by atoms with Crippen molar-refractivity contribution >= 4 is 15.7 Å². The molecule has 0 bridgehead atoms. The normalized spacial score (nSPS) is 11.4. The van der Waals surface area contributed by atoms with Crippen molar-refractivity contribution in [3.8, 4) is 0 Å². The van der Waals surface area contributed by atoms with E-state index in [0.29, 0.717) is 10.6 Å². The first-order valence-corrected chi connectivity index (χ1v) is 8.22. The predicted octanol–water partition coefficient (Wildman–Crippen LogP) is 2.87. The van der Waals surface area contributed by atoms with Gasteiger partial charge in [-0.05, 0) is 55.2 Å². The summed E-state index contributed by atoms with van der Waals surface area (Å²) in [7, 11) is -3.62. The Morgan fingerprint density at radius 1 is 1.05 bits per heavy atom. The van der Waals surface area contributed by atoms with Crippen LogP contribution in [-0.2, 0) is 16.6 Å². The highest BCUT2D eigenvalue weighted by Crippen LogP contribution is 2.24. The highest BCUT2D eigenvalue weighted by molar-refractivity contribution is 7.92. The number of hydrogen-bond acceptors (Lipinski definition) is 3. The summed E-state index contributed by atoms with van der Waals surface area (Å²) in [5.41, 5.74) is 9.68. The molecule has 0 aliphatic carbocycles. The van der Waals surface area contributed by atoms with Crippen molar-refractivity contribution < 1.29 is 8.42 Å². The highest BCUT2D eigenvalue weighted by Gasteiger charge is 2.18. The fourth-order valence-electron chi connectivity index (χ4n) is 2.27. The Morgan fingerprint density at radius 3 is 2.43 bits per heavy atom. The minimum absolute atomic E-state index is 0.289. The maximum atomic E-state index is 12.6. The Hall–Kier alpha value is -1.85. The van der Waals surface area contributed by atoms with E-state index in [0.717, 1.165) is 22.3 Å². The van der Waals surface area contributed by atoms with E-state index in [4.69, 9.17) is 5.73 Å². The third-order valence-corrected chi connectivity index (χ3v) is 5.00. The molecule has 4 nitrogen and oxygen atoms in total. The van der Waals surface area contributed by atoms with E-state index in [9.17, 15) is 8.42 Å². The van der Waals surface area contributed by atoms with Crippen LogP contribution in [-0.4, -0.2) is 8.42 Å². The molecular formula is C16H20N2O2S. The smallest absolute Gasteiger partial charge is 0.262 e. The maximum absolute atomic E-state index is 12.6. The van der Waals surface area contributed by atoms with Gasteiger partial charge >= 0.3 is 0 Å². The second-order valence-electron chi connectivity index (χ2n) is 5.18. The van der Waals surface area contributed by atoms with Crippen LogP contribution in [0.1, 0.15) is 22.3 Å². The molecule has 0 saturated carbocycles. The zero-order valence-electron chi connectivity index (χ0n) is 12.5. The van der Waals surface area contributed by atoms with Crippen LogP contribution in [0.5, 0.6) is 0 Å². The summed E-state index contributed by atoms with van der Waals surface area (Å²) < 4.78 is 27.9. The van der Waals surface area contributed by atoms with Gasteiger partial charge < -0.3 is 5.73 Å². The molecule has 2 aromatic rings. The largest absolute Gasteiger partial charge is 0.326 e. The summed E-state index contributed by atoms with van der Waals surface area (Å²) in [6.45, 7) is 5.86. The van der Waals surface area contributed by atoms with E-state index in [1.807, 2.05) is 38.1 Å². The average Bonchev–Trinajstić information content (AvgIpc) is 2.41. The van der Waals surface area contributed by atoms with Gasteiger partial charge in [-0.25, -0.2) is 8.42 Å². The summed E-state index contributed by atoms with van der Waals surface area (Å²) in [6, 6.07) is 10.8. The zero-order valence-corrected chi connectivity index (χ0v) is 13.3. The Balaban J connectivity index is 2.47. The van der Waals surface area contributed by atoms with Crippen LogP contribution in [0.25, 0.3) is 0 Å². The molecule has 0 spiro atoms. The lowest BCUT2D eigenvalue weighted by Crippen LogP contribution is -2.17. The minimum Gasteiger partial charge on any atom is -0.326 e. The zero-order chi connectivity index (χ0) is 15.6. The molecule has 21 heavy (non-hydrogen) atoms. The van der Waals surface area contributed by atoms with Crippen molar-refractivity contribution in [3.05, 3.63) is 58.7 Å². The van der Waals surface area contributed by atoms with Gasteiger partial charge in [0.15, 0.2) is 0 Å². The van der Waals surface area contributed by atoms with E-state index in [1.54, 1.807) is 19.1 Å². The van der Waals surface area contributed by atoms with Gasteiger partial charge in [0.1, 0.15) is 0 Å². The number of nitrogens with two attached hydrogens (primary N) is 1. The predicted molar refractivity (Wildman–Crippen MR) is 85.8 cm³/mol. The van der Waals surface area contributed by atoms with E-state index in [-0.39, 0.29) is 6.54 Å². The quantitative estimate of drug-likeness (QED) is 0.912. The van der Waals surface area contributed by atoms with Crippen LogP contribution in [0.4, 0.5) is 5.69 Å². The van der Waals surface area contributed by atoms with Gasteiger partial charge in [0.05, 0.1) is 10.6 Å². The molecule has 0 unspecified atom stereocenters. The molecule has 5 heteroatoms. The van der Waals surface area contributed by atoms with Crippen LogP contribution in [0.2, 0.25) is 0 Å². The number of benzene rings is 2. The Morgan fingerprint density at radius 2 is 1.76 bits per heavy atom. The molecule has 0 saturated heterocycles. The lowest BCUT2D eigenvalue weighted by Gasteiger charge is -2.15. The van der Waals surface area contributed by atoms with E-state index in [1.165, 1.54) is 0 Å². The van der Waals surface area contributed by atoms with Gasteiger partial charge in [0.2, 0.25) is 0 Å². The summed E-state index contributed by atoms with van der Waals surface area (Å²) in [6.07, 6.45) is 0. The second kappa shape index (κ2) is 5.87. The number of hydrogen-bond donors (Lipinski definition) is 2. The van der Waals surface area contributed by atoms with Crippen molar-refractivity contribution in [2.45, 2.75) is 32.2 Å². The van der Waals surface area contributed by atoms with Gasteiger partial charge in [-0.2, -0.15) is 0 Å². The van der Waals surface area contributed by atoms with Crippen molar-refractivity contribution in [2.24, 2.45) is 5.73 Å². The van der Waals surface area contributed by atoms with Crippen molar-refractivity contribution in [1.82, 2.24) is 0 Å². The van der Waals surface area contributed by atoms with E-state index >= 15 is 0 Å². The topological polar surface area (TPSA) is 72.2 Å². The molecule has 0 aliphatic heterocycles. The maximum Gasteiger partial charge on any atom is 0.262 e. The third-order valence-electron chi connectivity index (χ3n) is 3.49. The lowest BCUT2D eigenvalue weighted by atomic mass is 10.1. The average molecular weight is 304 g/mol. The molecule has 0 fully saturated rings. The summed E-state index contributed by atoms with van der Waals surface area (Å²) >= 11 is 0. The van der Waals surface area contributed by atoms with Gasteiger partial charge in [0, 0.05) is 6.54 Å². The van der Waals surface area contributed by atoms with Gasteiger partial charge in [-0.15, -0.1) is 0 Å². The molecule has 112 valence electrons. The fraction of sp³-hybridized carbons (Fsp3) is 0.250. The molecule has 3 N–H and O–H groups in total. The molecule has 2 aromatic carbocycles. The van der Waals surface area contributed by atoms with Crippen molar-refractivity contribution in [1.29, 1.82) is 0 Å².